The molecule has 1 rings (SSSR count). The lowest BCUT2D eigenvalue weighted by atomic mass is 9.78. The smallest absolute Gasteiger partial charge is 0.154 e. The van der Waals surface area contributed by atoms with Crippen molar-refractivity contribution in [1.82, 2.24) is 0 Å². The molecule has 0 spiro atoms. The number of ether oxygens (including phenoxy) is 2. The van der Waals surface area contributed by atoms with Crippen LogP contribution in [-0.2, 0) is 9.47 Å². The molecule has 1 fully saturated rings. The standard InChI is InChI=1S/C13H26O2/c1-11-7-4-5-8-13(11)9-6-10-15-12(2)14-3/h11-13H,4-10H2,1-3H3. The minimum absolute atomic E-state index is 0.0474. The van der Waals surface area contributed by atoms with Crippen LogP contribution in [0.25, 0.3) is 0 Å². The number of hydrogen-bond donors (Lipinski definition) is 0. The second-order valence-electron chi connectivity index (χ2n) is 4.84. The van der Waals surface area contributed by atoms with Gasteiger partial charge >= 0.3 is 0 Å². The average Bonchev–Trinajstić information content (AvgIpc) is 2.26. The van der Waals surface area contributed by atoms with Crippen LogP contribution >= 0.6 is 0 Å². The third-order valence-corrected chi connectivity index (χ3v) is 3.69. The average molecular weight is 214 g/mol. The van der Waals surface area contributed by atoms with Gasteiger partial charge in [0.2, 0.25) is 0 Å². The fraction of sp³-hybridized carbons (Fsp3) is 1.00. The normalized spacial score (nSPS) is 29.0. The van der Waals surface area contributed by atoms with Crippen molar-refractivity contribution in [3.8, 4) is 0 Å². The molecule has 2 nitrogen and oxygen atoms in total. The maximum Gasteiger partial charge on any atom is 0.154 e. The molecular weight excluding hydrogens is 188 g/mol. The summed E-state index contributed by atoms with van der Waals surface area (Å²) in [6, 6.07) is 0. The summed E-state index contributed by atoms with van der Waals surface area (Å²) in [6.07, 6.45) is 8.20. The Hall–Kier alpha value is -0.0800. The molecule has 15 heavy (non-hydrogen) atoms. The molecule has 0 aromatic rings. The van der Waals surface area contributed by atoms with E-state index >= 15 is 0 Å². The van der Waals surface area contributed by atoms with Crippen molar-refractivity contribution in [2.75, 3.05) is 13.7 Å². The SMILES string of the molecule is COC(C)OCCCC1CCCCC1C. The van der Waals surface area contributed by atoms with Crippen molar-refractivity contribution < 1.29 is 9.47 Å². The monoisotopic (exact) mass is 214 g/mol. The van der Waals surface area contributed by atoms with E-state index < -0.39 is 0 Å². The van der Waals surface area contributed by atoms with Crippen LogP contribution in [0, 0.1) is 11.8 Å². The van der Waals surface area contributed by atoms with E-state index in [0.717, 1.165) is 18.4 Å². The molecule has 0 aliphatic heterocycles. The van der Waals surface area contributed by atoms with E-state index in [4.69, 9.17) is 9.47 Å². The fourth-order valence-corrected chi connectivity index (χ4v) is 2.48. The van der Waals surface area contributed by atoms with Gasteiger partial charge in [-0.3, -0.25) is 0 Å². The summed E-state index contributed by atoms with van der Waals surface area (Å²) >= 11 is 0. The molecule has 0 aromatic carbocycles. The van der Waals surface area contributed by atoms with E-state index in [1.165, 1.54) is 38.5 Å². The first-order chi connectivity index (χ1) is 7.24. The van der Waals surface area contributed by atoms with Gasteiger partial charge in [-0.25, -0.2) is 0 Å². The molecule has 1 saturated carbocycles. The van der Waals surface area contributed by atoms with Gasteiger partial charge in [-0.05, 0) is 31.6 Å². The number of methoxy groups -OCH3 is 1. The molecular formula is C13H26O2. The van der Waals surface area contributed by atoms with Crippen molar-refractivity contribution in [3.63, 3.8) is 0 Å². The molecule has 0 heterocycles. The Morgan fingerprint density at radius 1 is 1.27 bits per heavy atom. The van der Waals surface area contributed by atoms with Crippen LogP contribution in [0.2, 0.25) is 0 Å². The molecule has 0 N–H and O–H groups in total. The van der Waals surface area contributed by atoms with E-state index in [-0.39, 0.29) is 6.29 Å². The molecule has 1 aliphatic rings. The molecule has 2 heteroatoms. The maximum atomic E-state index is 5.50. The van der Waals surface area contributed by atoms with E-state index in [1.807, 2.05) is 6.92 Å². The summed E-state index contributed by atoms with van der Waals surface area (Å²) in [7, 11) is 1.69. The molecule has 90 valence electrons. The first-order valence-corrected chi connectivity index (χ1v) is 6.38. The highest BCUT2D eigenvalue weighted by molar-refractivity contribution is 4.71. The lowest BCUT2D eigenvalue weighted by molar-refractivity contribution is -0.112. The highest BCUT2D eigenvalue weighted by atomic mass is 16.7. The molecule has 0 aromatic heterocycles. The molecule has 0 bridgehead atoms. The summed E-state index contributed by atoms with van der Waals surface area (Å²) in [6.45, 7) is 5.20. The first-order valence-electron chi connectivity index (χ1n) is 6.38. The second kappa shape index (κ2) is 7.24. The number of hydrogen-bond acceptors (Lipinski definition) is 2. The maximum absolute atomic E-state index is 5.50. The third kappa shape index (κ3) is 4.98. The zero-order valence-electron chi connectivity index (χ0n) is 10.5. The quantitative estimate of drug-likeness (QED) is 0.497. The van der Waals surface area contributed by atoms with Gasteiger partial charge in [0.15, 0.2) is 6.29 Å². The van der Waals surface area contributed by atoms with Crippen LogP contribution < -0.4 is 0 Å². The van der Waals surface area contributed by atoms with E-state index in [2.05, 4.69) is 6.92 Å². The lowest BCUT2D eigenvalue weighted by Gasteiger charge is -2.28. The van der Waals surface area contributed by atoms with E-state index in [0.29, 0.717) is 0 Å². The summed E-state index contributed by atoms with van der Waals surface area (Å²) < 4.78 is 10.5. The van der Waals surface area contributed by atoms with Crippen LogP contribution in [0.15, 0.2) is 0 Å². The highest BCUT2D eigenvalue weighted by Crippen LogP contribution is 2.32. The van der Waals surface area contributed by atoms with Crippen molar-refractivity contribution >= 4 is 0 Å². The molecule has 0 amide bonds. The van der Waals surface area contributed by atoms with Crippen LogP contribution in [0.3, 0.4) is 0 Å². The topological polar surface area (TPSA) is 18.5 Å². The molecule has 0 saturated heterocycles. The van der Waals surface area contributed by atoms with Gasteiger partial charge < -0.3 is 9.47 Å². The van der Waals surface area contributed by atoms with Crippen LogP contribution in [-0.4, -0.2) is 20.0 Å². The fourth-order valence-electron chi connectivity index (χ4n) is 2.48. The predicted molar refractivity (Wildman–Crippen MR) is 62.8 cm³/mol. The molecule has 1 aliphatic carbocycles. The minimum atomic E-state index is -0.0474. The Labute approximate surface area is 94.3 Å². The Bertz CT molecular complexity index is 159. The predicted octanol–water partition coefficient (Wildman–Crippen LogP) is 3.60. The van der Waals surface area contributed by atoms with Crippen LogP contribution in [0.5, 0.6) is 0 Å². The van der Waals surface area contributed by atoms with Crippen molar-refractivity contribution in [2.45, 2.75) is 58.7 Å². The van der Waals surface area contributed by atoms with Crippen molar-refractivity contribution in [3.05, 3.63) is 0 Å². The van der Waals surface area contributed by atoms with Gasteiger partial charge in [-0.1, -0.05) is 32.6 Å². The molecule has 3 unspecified atom stereocenters. The largest absolute Gasteiger partial charge is 0.356 e. The van der Waals surface area contributed by atoms with Gasteiger partial charge in [0.05, 0.1) is 0 Å². The lowest BCUT2D eigenvalue weighted by Crippen LogP contribution is -2.18. The first kappa shape index (κ1) is 13.0. The summed E-state index contributed by atoms with van der Waals surface area (Å²) in [5.41, 5.74) is 0. The minimum Gasteiger partial charge on any atom is -0.356 e. The van der Waals surface area contributed by atoms with Crippen LogP contribution in [0.1, 0.15) is 52.4 Å². The highest BCUT2D eigenvalue weighted by Gasteiger charge is 2.20. The Morgan fingerprint density at radius 3 is 2.67 bits per heavy atom. The zero-order valence-corrected chi connectivity index (χ0v) is 10.5. The molecule has 3 atom stereocenters. The second-order valence-corrected chi connectivity index (χ2v) is 4.84. The van der Waals surface area contributed by atoms with Gasteiger partial charge in [-0.2, -0.15) is 0 Å². The summed E-state index contributed by atoms with van der Waals surface area (Å²) in [5.74, 6) is 1.87. The Kier molecular flexibility index (Phi) is 6.26. The Balaban J connectivity index is 2.03. The van der Waals surface area contributed by atoms with E-state index in [1.54, 1.807) is 7.11 Å². The van der Waals surface area contributed by atoms with Crippen molar-refractivity contribution in [2.24, 2.45) is 11.8 Å². The zero-order chi connectivity index (χ0) is 11.1. The van der Waals surface area contributed by atoms with Crippen molar-refractivity contribution in [1.29, 1.82) is 0 Å². The van der Waals surface area contributed by atoms with Gasteiger partial charge in [0.25, 0.3) is 0 Å². The molecule has 0 radical (unpaired) electrons. The van der Waals surface area contributed by atoms with Gasteiger partial charge in [-0.15, -0.1) is 0 Å². The third-order valence-electron chi connectivity index (χ3n) is 3.69. The van der Waals surface area contributed by atoms with E-state index in [9.17, 15) is 0 Å². The summed E-state index contributed by atoms with van der Waals surface area (Å²) in [4.78, 5) is 0. The van der Waals surface area contributed by atoms with Crippen LogP contribution in [0.4, 0.5) is 0 Å². The number of rotatable bonds is 6. The summed E-state index contributed by atoms with van der Waals surface area (Å²) in [5, 5.41) is 0. The van der Waals surface area contributed by atoms with Gasteiger partial charge in [0.1, 0.15) is 0 Å². The Morgan fingerprint density at radius 2 is 2.00 bits per heavy atom. The van der Waals surface area contributed by atoms with Gasteiger partial charge in [0, 0.05) is 13.7 Å².